The van der Waals surface area contributed by atoms with Gasteiger partial charge >= 0.3 is 0 Å². The molecule has 0 unspecified atom stereocenters. The van der Waals surface area contributed by atoms with Crippen molar-refractivity contribution in [3.05, 3.63) is 40.4 Å². The molecule has 0 saturated carbocycles. The predicted molar refractivity (Wildman–Crippen MR) is 67.1 cm³/mol. The summed E-state index contributed by atoms with van der Waals surface area (Å²) in [6, 6.07) is 3.97. The average molecular weight is 268 g/mol. The maximum atomic E-state index is 11.4. The molecule has 0 aliphatic carbocycles. The number of benzene rings is 1. The Morgan fingerprint density at radius 2 is 2.00 bits per heavy atom. The molecule has 1 amide bonds. The highest BCUT2D eigenvalue weighted by atomic mass is 79.9. The molecule has 1 N–H and O–H groups in total. The number of carbonyl (C=O) groups is 1. The Kier molecular flexibility index (Phi) is 4.09. The van der Waals surface area contributed by atoms with Crippen molar-refractivity contribution in [2.24, 2.45) is 0 Å². The number of hydrogen-bond acceptors (Lipinski definition) is 1. The molecule has 3 heteroatoms. The van der Waals surface area contributed by atoms with E-state index < -0.39 is 0 Å². The van der Waals surface area contributed by atoms with E-state index in [2.05, 4.69) is 27.8 Å². The molecule has 2 nitrogen and oxygen atoms in total. The van der Waals surface area contributed by atoms with Gasteiger partial charge in [-0.2, -0.15) is 0 Å². The number of carbonyl (C=O) groups excluding carboxylic acids is 1. The molecule has 0 aromatic heterocycles. The lowest BCUT2D eigenvalue weighted by atomic mass is 10.1. The van der Waals surface area contributed by atoms with Gasteiger partial charge in [-0.15, -0.1) is 6.58 Å². The molecular weight excluding hydrogens is 254 g/mol. The van der Waals surface area contributed by atoms with Crippen molar-refractivity contribution in [1.82, 2.24) is 0 Å². The lowest BCUT2D eigenvalue weighted by Crippen LogP contribution is -2.12. The van der Waals surface area contributed by atoms with Crippen LogP contribution in [0.15, 0.2) is 29.3 Å². The van der Waals surface area contributed by atoms with Gasteiger partial charge in [-0.05, 0) is 37.1 Å². The first-order valence-corrected chi connectivity index (χ1v) is 5.51. The molecule has 80 valence electrons. The SMILES string of the molecule is C=CCC(=O)Nc1c(C)cc(Br)cc1C. The molecule has 0 heterocycles. The van der Waals surface area contributed by atoms with Crippen molar-refractivity contribution < 1.29 is 4.79 Å². The van der Waals surface area contributed by atoms with Crippen LogP contribution in [-0.4, -0.2) is 5.91 Å². The van der Waals surface area contributed by atoms with Crippen molar-refractivity contribution in [2.45, 2.75) is 20.3 Å². The van der Waals surface area contributed by atoms with Crippen LogP contribution in [0, 0.1) is 13.8 Å². The predicted octanol–water partition coefficient (Wildman–Crippen LogP) is 3.58. The van der Waals surface area contributed by atoms with E-state index in [1.165, 1.54) is 0 Å². The first-order valence-electron chi connectivity index (χ1n) is 4.72. The van der Waals surface area contributed by atoms with Gasteiger partial charge in [0.15, 0.2) is 0 Å². The molecule has 1 aromatic rings. The summed E-state index contributed by atoms with van der Waals surface area (Å²) in [6.45, 7) is 7.48. The van der Waals surface area contributed by atoms with E-state index in [0.29, 0.717) is 6.42 Å². The van der Waals surface area contributed by atoms with Crippen LogP contribution >= 0.6 is 15.9 Å². The van der Waals surface area contributed by atoms with Gasteiger partial charge in [-0.3, -0.25) is 4.79 Å². The van der Waals surface area contributed by atoms with Crippen molar-refractivity contribution in [3.8, 4) is 0 Å². The molecule has 0 atom stereocenters. The highest BCUT2D eigenvalue weighted by Crippen LogP contribution is 2.25. The van der Waals surface area contributed by atoms with Crippen LogP contribution in [0.1, 0.15) is 17.5 Å². The Balaban J connectivity index is 2.94. The van der Waals surface area contributed by atoms with Gasteiger partial charge in [0.2, 0.25) is 5.91 Å². The van der Waals surface area contributed by atoms with Gasteiger partial charge in [0.05, 0.1) is 0 Å². The van der Waals surface area contributed by atoms with Crippen LogP contribution < -0.4 is 5.32 Å². The summed E-state index contributed by atoms with van der Waals surface area (Å²) >= 11 is 3.42. The number of hydrogen-bond donors (Lipinski definition) is 1. The summed E-state index contributed by atoms with van der Waals surface area (Å²) in [4.78, 5) is 11.4. The molecule has 1 aromatic carbocycles. The molecule has 0 fully saturated rings. The third-order valence-corrected chi connectivity index (χ3v) is 2.55. The van der Waals surface area contributed by atoms with Crippen molar-refractivity contribution >= 4 is 27.5 Å². The number of halogens is 1. The quantitative estimate of drug-likeness (QED) is 0.834. The second-order valence-electron chi connectivity index (χ2n) is 3.46. The fourth-order valence-corrected chi connectivity index (χ4v) is 2.12. The molecule has 1 rings (SSSR count). The zero-order valence-electron chi connectivity index (χ0n) is 8.93. The van der Waals surface area contributed by atoms with E-state index in [1.807, 2.05) is 26.0 Å². The Morgan fingerprint density at radius 1 is 1.47 bits per heavy atom. The Labute approximate surface area is 98.5 Å². The third kappa shape index (κ3) is 3.20. The maximum Gasteiger partial charge on any atom is 0.228 e. The second kappa shape index (κ2) is 5.12. The maximum absolute atomic E-state index is 11.4. The van der Waals surface area contributed by atoms with Gasteiger partial charge in [0, 0.05) is 16.6 Å². The number of nitrogens with one attached hydrogen (secondary N) is 1. The summed E-state index contributed by atoms with van der Waals surface area (Å²) in [5.74, 6) is -0.0291. The van der Waals surface area contributed by atoms with Crippen molar-refractivity contribution in [2.75, 3.05) is 5.32 Å². The average Bonchev–Trinajstić information content (AvgIpc) is 2.11. The van der Waals surface area contributed by atoms with Gasteiger partial charge in [-0.1, -0.05) is 22.0 Å². The van der Waals surface area contributed by atoms with E-state index >= 15 is 0 Å². The van der Waals surface area contributed by atoms with Crippen LogP contribution in [0.4, 0.5) is 5.69 Å². The largest absolute Gasteiger partial charge is 0.325 e. The summed E-state index contributed by atoms with van der Waals surface area (Å²) in [5, 5.41) is 2.88. The molecular formula is C12H14BrNO. The van der Waals surface area contributed by atoms with E-state index in [4.69, 9.17) is 0 Å². The van der Waals surface area contributed by atoms with Gasteiger partial charge in [0.1, 0.15) is 0 Å². The van der Waals surface area contributed by atoms with Crippen LogP contribution in [0.3, 0.4) is 0 Å². The topological polar surface area (TPSA) is 29.1 Å². The first kappa shape index (κ1) is 12.0. The Morgan fingerprint density at radius 3 is 2.47 bits per heavy atom. The summed E-state index contributed by atoms with van der Waals surface area (Å²) < 4.78 is 1.03. The van der Waals surface area contributed by atoms with Gasteiger partial charge < -0.3 is 5.32 Å². The Bertz CT molecular complexity index is 376. The number of aryl methyl sites for hydroxylation is 2. The smallest absolute Gasteiger partial charge is 0.228 e. The zero-order chi connectivity index (χ0) is 11.4. The molecule has 0 aliphatic rings. The van der Waals surface area contributed by atoms with Crippen molar-refractivity contribution in [3.63, 3.8) is 0 Å². The highest BCUT2D eigenvalue weighted by Gasteiger charge is 2.06. The highest BCUT2D eigenvalue weighted by molar-refractivity contribution is 9.10. The van der Waals surface area contributed by atoms with E-state index in [0.717, 1.165) is 21.3 Å². The number of rotatable bonds is 3. The molecule has 0 saturated heterocycles. The van der Waals surface area contributed by atoms with E-state index in [-0.39, 0.29) is 5.91 Å². The molecule has 15 heavy (non-hydrogen) atoms. The van der Waals surface area contributed by atoms with Crippen LogP contribution in [0.2, 0.25) is 0 Å². The minimum Gasteiger partial charge on any atom is -0.325 e. The minimum atomic E-state index is -0.0291. The molecule has 0 spiro atoms. The normalized spacial score (nSPS) is 9.80. The minimum absolute atomic E-state index is 0.0291. The summed E-state index contributed by atoms with van der Waals surface area (Å²) in [6.07, 6.45) is 1.94. The zero-order valence-corrected chi connectivity index (χ0v) is 10.5. The van der Waals surface area contributed by atoms with Crippen LogP contribution in [-0.2, 0) is 4.79 Å². The molecule has 0 radical (unpaired) electrons. The monoisotopic (exact) mass is 267 g/mol. The summed E-state index contributed by atoms with van der Waals surface area (Å²) in [7, 11) is 0. The van der Waals surface area contributed by atoms with Crippen LogP contribution in [0.5, 0.6) is 0 Å². The fraction of sp³-hybridized carbons (Fsp3) is 0.250. The summed E-state index contributed by atoms with van der Waals surface area (Å²) in [5.41, 5.74) is 3.00. The third-order valence-electron chi connectivity index (χ3n) is 2.09. The fourth-order valence-electron chi connectivity index (χ4n) is 1.43. The lowest BCUT2D eigenvalue weighted by Gasteiger charge is -2.11. The second-order valence-corrected chi connectivity index (χ2v) is 4.37. The lowest BCUT2D eigenvalue weighted by molar-refractivity contribution is -0.115. The number of amides is 1. The standard InChI is InChI=1S/C12H14BrNO/c1-4-5-11(15)14-12-8(2)6-10(13)7-9(12)3/h4,6-7H,1,5H2,2-3H3,(H,14,15). The van der Waals surface area contributed by atoms with E-state index in [1.54, 1.807) is 6.08 Å². The van der Waals surface area contributed by atoms with E-state index in [9.17, 15) is 4.79 Å². The molecule has 0 aliphatic heterocycles. The van der Waals surface area contributed by atoms with Crippen molar-refractivity contribution in [1.29, 1.82) is 0 Å². The molecule has 0 bridgehead atoms. The van der Waals surface area contributed by atoms with Gasteiger partial charge in [-0.25, -0.2) is 0 Å². The first-order chi connectivity index (χ1) is 7.04. The van der Waals surface area contributed by atoms with Crippen LogP contribution in [0.25, 0.3) is 0 Å². The number of anilines is 1. The van der Waals surface area contributed by atoms with Gasteiger partial charge in [0.25, 0.3) is 0 Å². The Hall–Kier alpha value is -1.09.